The Morgan fingerprint density at radius 1 is 1.33 bits per heavy atom. The molecule has 2 nitrogen and oxygen atoms in total. The first-order valence-corrected chi connectivity index (χ1v) is 3.62. The molecule has 0 saturated carbocycles. The van der Waals surface area contributed by atoms with Gasteiger partial charge in [0.25, 0.3) is 9.41 Å². The first-order chi connectivity index (χ1) is 4.34. The maximum Gasteiger partial charge on any atom is 0.299 e. The Morgan fingerprint density at radius 3 is 2.44 bits per heavy atom. The summed E-state index contributed by atoms with van der Waals surface area (Å²) >= 11 is 0. The third-order valence-electron chi connectivity index (χ3n) is 1.06. The molecule has 0 fully saturated rings. The summed E-state index contributed by atoms with van der Waals surface area (Å²) in [4.78, 5) is 0. The average molecular weight is 138 g/mol. The Bertz CT molecular complexity index is 222. The van der Waals surface area contributed by atoms with Crippen molar-refractivity contribution in [3.05, 3.63) is 24.3 Å². The number of benzene rings is 1. The van der Waals surface area contributed by atoms with Gasteiger partial charge in [-0.3, -0.25) is 0 Å². The zero-order valence-electron chi connectivity index (χ0n) is 4.74. The van der Waals surface area contributed by atoms with E-state index in [9.17, 15) is 4.46 Å². The summed E-state index contributed by atoms with van der Waals surface area (Å²) in [6, 6.07) is 6.63. The zero-order valence-corrected chi connectivity index (χ0v) is 5.90. The molecule has 9 heavy (non-hydrogen) atoms. The molecule has 1 aromatic rings. The van der Waals surface area contributed by atoms with Crippen LogP contribution in [0.3, 0.4) is 0 Å². The predicted molar refractivity (Wildman–Crippen MR) is 35.6 cm³/mol. The number of phenols is 1. The van der Waals surface area contributed by atoms with Gasteiger partial charge < -0.3 is 9.57 Å². The topological polar surface area (TPSA) is 37.3 Å². The van der Waals surface area contributed by atoms with Gasteiger partial charge in [0.1, 0.15) is 5.75 Å². The number of phenolic OH excluding ortho intramolecular Hbond substituents is 1. The van der Waals surface area contributed by atoms with Crippen LogP contribution in [-0.2, 0) is 4.46 Å². The number of aromatic hydroxyl groups is 1. The van der Waals surface area contributed by atoms with Gasteiger partial charge >= 0.3 is 0 Å². The molecule has 0 heterocycles. The predicted octanol–water partition coefficient (Wildman–Crippen LogP) is -0.201. The van der Waals surface area contributed by atoms with Gasteiger partial charge in [0, 0.05) is 5.19 Å². The van der Waals surface area contributed by atoms with Crippen molar-refractivity contribution in [2.45, 2.75) is 0 Å². The first kappa shape index (κ1) is 6.16. The van der Waals surface area contributed by atoms with Crippen LogP contribution < -0.4 is 5.19 Å². The second-order valence-corrected chi connectivity index (χ2v) is 2.53. The summed E-state index contributed by atoms with van der Waals surface area (Å²) in [6.45, 7) is 0. The molecule has 46 valence electrons. The van der Waals surface area contributed by atoms with E-state index in [4.69, 9.17) is 5.11 Å². The Kier molecular flexibility index (Phi) is 1.74. The second kappa shape index (κ2) is 2.55. The van der Waals surface area contributed by atoms with Gasteiger partial charge in [-0.2, -0.15) is 0 Å². The molecule has 0 bridgehead atoms. The van der Waals surface area contributed by atoms with Crippen LogP contribution >= 0.6 is 0 Å². The van der Waals surface area contributed by atoms with Crippen molar-refractivity contribution in [2.24, 2.45) is 0 Å². The van der Waals surface area contributed by atoms with E-state index in [0.29, 0.717) is 5.19 Å². The van der Waals surface area contributed by atoms with E-state index in [1.165, 1.54) is 6.07 Å². The van der Waals surface area contributed by atoms with Crippen LogP contribution in [0.25, 0.3) is 0 Å². The van der Waals surface area contributed by atoms with Gasteiger partial charge in [-0.1, -0.05) is 18.2 Å². The normalized spacial score (nSPS) is 8.89. The summed E-state index contributed by atoms with van der Waals surface area (Å²) < 4.78 is 10.3. The highest BCUT2D eigenvalue weighted by molar-refractivity contribution is 6.40. The molecule has 0 radical (unpaired) electrons. The smallest absolute Gasteiger partial charge is 0.299 e. The van der Waals surface area contributed by atoms with Gasteiger partial charge in [-0.25, -0.2) is 0 Å². The molecule has 0 unspecified atom stereocenters. The molecule has 0 saturated heterocycles. The van der Waals surface area contributed by atoms with Gasteiger partial charge in [0.2, 0.25) is 0 Å². The minimum absolute atomic E-state index is 0.127. The maximum atomic E-state index is 10.3. The average Bonchev–Trinajstić information content (AvgIpc) is 1.89. The van der Waals surface area contributed by atoms with E-state index < -0.39 is 9.41 Å². The van der Waals surface area contributed by atoms with E-state index >= 15 is 0 Å². The van der Waals surface area contributed by atoms with Crippen molar-refractivity contribution < 1.29 is 9.57 Å². The lowest BCUT2D eigenvalue weighted by molar-refractivity contribution is 0.478. The Labute approximate surface area is 55.0 Å². The van der Waals surface area contributed by atoms with Crippen molar-refractivity contribution in [1.29, 1.82) is 0 Å². The van der Waals surface area contributed by atoms with E-state index in [1.807, 2.05) is 0 Å². The van der Waals surface area contributed by atoms with Crippen LogP contribution in [-0.4, -0.2) is 14.5 Å². The maximum absolute atomic E-state index is 10.3. The van der Waals surface area contributed by atoms with Crippen LogP contribution in [0, 0.1) is 0 Å². The van der Waals surface area contributed by atoms with Gasteiger partial charge in [-0.05, 0) is 6.07 Å². The highest BCUT2D eigenvalue weighted by Gasteiger charge is 1.94. The summed E-state index contributed by atoms with van der Waals surface area (Å²) in [7, 11) is -1.00. The highest BCUT2D eigenvalue weighted by atomic mass is 28.2. The summed E-state index contributed by atoms with van der Waals surface area (Å²) in [5, 5.41) is 9.47. The molecule has 0 aromatic heterocycles. The molecule has 0 spiro atoms. The molecule has 0 atom stereocenters. The molecule has 3 heteroatoms. The standard InChI is InChI=1S/C6H6O2Si/c7-5-3-1-2-4-6(5)9-8/h1-4,7,9H. The minimum atomic E-state index is -1.00. The highest BCUT2D eigenvalue weighted by Crippen LogP contribution is 1.99. The summed E-state index contributed by atoms with van der Waals surface area (Å²) in [5.74, 6) is 0.127. The summed E-state index contributed by atoms with van der Waals surface area (Å²) in [5.41, 5.74) is 0. The fourth-order valence-electron chi connectivity index (χ4n) is 0.587. The molecule has 1 N–H and O–H groups in total. The van der Waals surface area contributed by atoms with Crippen molar-refractivity contribution in [1.82, 2.24) is 0 Å². The second-order valence-electron chi connectivity index (χ2n) is 1.68. The molecule has 0 aliphatic carbocycles. The third-order valence-corrected chi connectivity index (χ3v) is 1.81. The monoisotopic (exact) mass is 138 g/mol. The van der Waals surface area contributed by atoms with Crippen LogP contribution in [0.5, 0.6) is 5.75 Å². The Hall–Kier alpha value is -0.963. The largest absolute Gasteiger partial charge is 0.508 e. The number of hydrogen-bond donors (Lipinski definition) is 1. The number of hydrogen-bond acceptors (Lipinski definition) is 2. The quantitative estimate of drug-likeness (QED) is 0.546. The zero-order chi connectivity index (χ0) is 6.69. The van der Waals surface area contributed by atoms with Crippen LogP contribution in [0.15, 0.2) is 24.3 Å². The van der Waals surface area contributed by atoms with Gasteiger partial charge in [-0.15, -0.1) is 0 Å². The molecule has 0 aliphatic rings. The fourth-order valence-corrected chi connectivity index (χ4v) is 0.994. The van der Waals surface area contributed by atoms with Gasteiger partial charge in [0.05, 0.1) is 0 Å². The van der Waals surface area contributed by atoms with E-state index in [-0.39, 0.29) is 5.75 Å². The molecular weight excluding hydrogens is 132 g/mol. The number of para-hydroxylation sites is 1. The summed E-state index contributed by atoms with van der Waals surface area (Å²) in [6.07, 6.45) is 0. The molecular formula is C6H6O2Si. The lowest BCUT2D eigenvalue weighted by Crippen LogP contribution is -2.04. The Balaban J connectivity index is 3.15. The number of rotatable bonds is 1. The Morgan fingerprint density at radius 2 is 2.00 bits per heavy atom. The minimum Gasteiger partial charge on any atom is -0.508 e. The van der Waals surface area contributed by atoms with E-state index in [2.05, 4.69) is 0 Å². The van der Waals surface area contributed by atoms with E-state index in [0.717, 1.165) is 0 Å². The van der Waals surface area contributed by atoms with Crippen LogP contribution in [0.1, 0.15) is 0 Å². The molecule has 0 aliphatic heterocycles. The van der Waals surface area contributed by atoms with Crippen molar-refractivity contribution >= 4 is 14.6 Å². The SMILES string of the molecule is O=[SiH]c1ccccc1O. The first-order valence-electron chi connectivity index (χ1n) is 2.58. The lowest BCUT2D eigenvalue weighted by atomic mass is 10.3. The van der Waals surface area contributed by atoms with Crippen molar-refractivity contribution in [3.8, 4) is 5.75 Å². The third kappa shape index (κ3) is 1.23. The fraction of sp³-hybridized carbons (Fsp3) is 0. The van der Waals surface area contributed by atoms with E-state index in [1.54, 1.807) is 18.2 Å². The lowest BCUT2D eigenvalue weighted by Gasteiger charge is -1.91. The van der Waals surface area contributed by atoms with Crippen LogP contribution in [0.4, 0.5) is 0 Å². The van der Waals surface area contributed by atoms with Crippen molar-refractivity contribution in [3.63, 3.8) is 0 Å². The van der Waals surface area contributed by atoms with Crippen molar-refractivity contribution in [2.75, 3.05) is 0 Å². The van der Waals surface area contributed by atoms with Gasteiger partial charge in [0.15, 0.2) is 0 Å². The molecule has 0 amide bonds. The van der Waals surface area contributed by atoms with Crippen LogP contribution in [0.2, 0.25) is 0 Å². The molecule has 1 aromatic carbocycles. The molecule has 1 rings (SSSR count).